The van der Waals surface area contributed by atoms with Crippen LogP contribution in [0.1, 0.15) is 35.6 Å². The minimum Gasteiger partial charge on any atom is -0.469 e. The van der Waals surface area contributed by atoms with Crippen molar-refractivity contribution in [3.05, 3.63) is 41.1 Å². The van der Waals surface area contributed by atoms with Crippen molar-refractivity contribution in [2.24, 2.45) is 0 Å². The molecule has 20 heavy (non-hydrogen) atoms. The number of nitrogens with zero attached hydrogens (tertiary/aromatic N) is 1. The molecule has 1 fully saturated rings. The Hall–Kier alpha value is -2.10. The van der Waals surface area contributed by atoms with Crippen LogP contribution in [0.5, 0.6) is 0 Å². The number of carbonyl (C=O) groups is 1. The van der Waals surface area contributed by atoms with Gasteiger partial charge in [0.1, 0.15) is 0 Å². The second kappa shape index (κ2) is 5.12. The zero-order valence-electron chi connectivity index (χ0n) is 11.7. The monoisotopic (exact) mass is 271 g/mol. The number of rotatable bonds is 4. The average molecular weight is 271 g/mol. The third-order valence-electron chi connectivity index (χ3n) is 3.64. The Morgan fingerprint density at radius 2 is 2.25 bits per heavy atom. The topological polar surface area (TPSA) is 52.3 Å². The second-order valence-corrected chi connectivity index (χ2v) is 5.24. The maximum Gasteiger partial charge on any atom is 0.309 e. The molecule has 0 amide bonds. The van der Waals surface area contributed by atoms with Crippen LogP contribution >= 0.6 is 0 Å². The van der Waals surface area contributed by atoms with Gasteiger partial charge >= 0.3 is 5.97 Å². The maximum absolute atomic E-state index is 11.6. The summed E-state index contributed by atoms with van der Waals surface area (Å²) in [5.41, 5.74) is 4.16. The van der Waals surface area contributed by atoms with Crippen LogP contribution in [-0.4, -0.2) is 18.2 Å². The quantitative estimate of drug-likeness (QED) is 0.801. The number of benzene rings is 1. The molecule has 4 heteroatoms. The molecule has 3 rings (SSSR count). The van der Waals surface area contributed by atoms with Gasteiger partial charge in [-0.25, -0.2) is 0 Å². The molecular weight excluding hydrogens is 254 g/mol. The van der Waals surface area contributed by atoms with Crippen LogP contribution in [0.15, 0.2) is 28.8 Å². The summed E-state index contributed by atoms with van der Waals surface area (Å²) in [4.78, 5) is 11.6. The molecule has 104 valence electrons. The van der Waals surface area contributed by atoms with E-state index >= 15 is 0 Å². The summed E-state index contributed by atoms with van der Waals surface area (Å²) < 4.78 is 10.2. The van der Waals surface area contributed by atoms with E-state index in [0.29, 0.717) is 12.3 Å². The molecule has 0 bridgehead atoms. The van der Waals surface area contributed by atoms with Gasteiger partial charge in [-0.1, -0.05) is 23.4 Å². The number of hydrogen-bond donors (Lipinski definition) is 0. The van der Waals surface area contributed by atoms with Gasteiger partial charge in [0.15, 0.2) is 5.76 Å². The van der Waals surface area contributed by atoms with Crippen LogP contribution in [0.25, 0.3) is 11.3 Å². The molecule has 0 aliphatic heterocycles. The normalized spacial score (nSPS) is 14.3. The van der Waals surface area contributed by atoms with Gasteiger partial charge in [-0.05, 0) is 36.8 Å². The van der Waals surface area contributed by atoms with E-state index in [0.717, 1.165) is 35.4 Å². The molecule has 0 N–H and O–H groups in total. The van der Waals surface area contributed by atoms with E-state index in [2.05, 4.69) is 5.16 Å². The number of aromatic nitrogens is 1. The summed E-state index contributed by atoms with van der Waals surface area (Å²) in [5.74, 6) is 1.09. The lowest BCUT2D eigenvalue weighted by Crippen LogP contribution is -2.07. The Morgan fingerprint density at radius 1 is 1.45 bits per heavy atom. The van der Waals surface area contributed by atoms with Crippen molar-refractivity contribution in [1.29, 1.82) is 0 Å². The lowest BCUT2D eigenvalue weighted by atomic mass is 9.93. The molecule has 1 aliphatic carbocycles. The molecule has 0 unspecified atom stereocenters. The molecular formula is C16H17NO3. The predicted molar refractivity (Wildman–Crippen MR) is 74.4 cm³/mol. The number of hydrogen-bond acceptors (Lipinski definition) is 4. The van der Waals surface area contributed by atoms with Crippen molar-refractivity contribution >= 4 is 5.97 Å². The van der Waals surface area contributed by atoms with Gasteiger partial charge < -0.3 is 9.26 Å². The largest absolute Gasteiger partial charge is 0.469 e. The number of carbonyl (C=O) groups excluding carboxylic acids is 1. The highest BCUT2D eigenvalue weighted by atomic mass is 16.5. The zero-order chi connectivity index (χ0) is 14.1. The molecule has 2 aromatic rings. The average Bonchev–Trinajstić information content (AvgIpc) is 3.20. The Balaban J connectivity index is 2.05. The predicted octanol–water partition coefficient (Wildman–Crippen LogP) is 3.24. The summed E-state index contributed by atoms with van der Waals surface area (Å²) in [6, 6.07) is 7.92. The minimum atomic E-state index is -0.210. The highest BCUT2D eigenvalue weighted by Crippen LogP contribution is 2.46. The maximum atomic E-state index is 11.6. The molecule has 0 saturated heterocycles. The second-order valence-electron chi connectivity index (χ2n) is 5.24. The fourth-order valence-electron chi connectivity index (χ4n) is 2.55. The van der Waals surface area contributed by atoms with Crippen LogP contribution < -0.4 is 0 Å². The van der Waals surface area contributed by atoms with Crippen LogP contribution in [0.2, 0.25) is 0 Å². The first-order valence-corrected chi connectivity index (χ1v) is 6.81. The van der Waals surface area contributed by atoms with Crippen LogP contribution in [-0.2, 0) is 16.0 Å². The molecule has 1 aromatic heterocycles. The molecule has 1 saturated carbocycles. The molecule has 0 radical (unpaired) electrons. The molecule has 4 nitrogen and oxygen atoms in total. The van der Waals surface area contributed by atoms with Crippen molar-refractivity contribution < 1.29 is 14.1 Å². The summed E-state index contributed by atoms with van der Waals surface area (Å²) in [7, 11) is 1.42. The van der Waals surface area contributed by atoms with Gasteiger partial charge in [0.25, 0.3) is 0 Å². The minimum absolute atomic E-state index is 0.210. The molecule has 0 atom stereocenters. The van der Waals surface area contributed by atoms with Crippen LogP contribution in [0.4, 0.5) is 0 Å². The Bertz CT molecular complexity index is 641. The SMILES string of the molecule is COC(=O)Cc1cccc(-c2cc(C)no2)c1C1CC1. The van der Waals surface area contributed by atoms with E-state index in [-0.39, 0.29) is 5.97 Å². The van der Waals surface area contributed by atoms with Crippen LogP contribution in [0, 0.1) is 6.92 Å². The molecule has 1 heterocycles. The van der Waals surface area contributed by atoms with E-state index in [1.165, 1.54) is 12.7 Å². The molecule has 0 spiro atoms. The Kier molecular flexibility index (Phi) is 3.30. The van der Waals surface area contributed by atoms with Gasteiger partial charge in [0, 0.05) is 11.6 Å². The number of ether oxygens (including phenoxy) is 1. The van der Waals surface area contributed by atoms with E-state index in [9.17, 15) is 4.79 Å². The Morgan fingerprint density at radius 3 is 2.85 bits per heavy atom. The molecule has 1 aliphatic rings. The number of aryl methyl sites for hydroxylation is 1. The summed E-state index contributed by atoms with van der Waals surface area (Å²) >= 11 is 0. The number of esters is 1. The number of methoxy groups -OCH3 is 1. The van der Waals surface area contributed by atoms with Crippen LogP contribution in [0.3, 0.4) is 0 Å². The standard InChI is InChI=1S/C16H17NO3/c1-10-8-14(20-17-10)13-5-3-4-12(9-15(18)19-2)16(13)11-6-7-11/h3-5,8,11H,6-7,9H2,1-2H3. The van der Waals surface area contributed by atoms with E-state index in [4.69, 9.17) is 9.26 Å². The highest BCUT2D eigenvalue weighted by molar-refractivity contribution is 5.75. The Labute approximate surface area is 117 Å². The third-order valence-corrected chi connectivity index (χ3v) is 3.64. The van der Waals surface area contributed by atoms with Gasteiger partial charge in [-0.3, -0.25) is 4.79 Å². The van der Waals surface area contributed by atoms with Gasteiger partial charge in [-0.2, -0.15) is 0 Å². The summed E-state index contributed by atoms with van der Waals surface area (Å²) in [5, 5.41) is 3.95. The first-order valence-electron chi connectivity index (χ1n) is 6.81. The van der Waals surface area contributed by atoms with Gasteiger partial charge in [0.05, 0.1) is 19.2 Å². The third kappa shape index (κ3) is 2.46. The summed E-state index contributed by atoms with van der Waals surface area (Å²) in [6.45, 7) is 1.90. The summed E-state index contributed by atoms with van der Waals surface area (Å²) in [6.07, 6.45) is 2.64. The fourth-order valence-corrected chi connectivity index (χ4v) is 2.55. The zero-order valence-corrected chi connectivity index (χ0v) is 11.7. The lowest BCUT2D eigenvalue weighted by molar-refractivity contribution is -0.139. The van der Waals surface area contributed by atoms with Gasteiger partial charge in [0.2, 0.25) is 0 Å². The first kappa shape index (κ1) is 12.9. The molecule has 1 aromatic carbocycles. The van der Waals surface area contributed by atoms with E-state index in [1.807, 2.05) is 31.2 Å². The van der Waals surface area contributed by atoms with Crippen molar-refractivity contribution in [2.45, 2.75) is 32.1 Å². The van der Waals surface area contributed by atoms with Crippen molar-refractivity contribution in [2.75, 3.05) is 7.11 Å². The van der Waals surface area contributed by atoms with E-state index < -0.39 is 0 Å². The highest BCUT2D eigenvalue weighted by Gasteiger charge is 2.30. The smallest absolute Gasteiger partial charge is 0.309 e. The fraction of sp³-hybridized carbons (Fsp3) is 0.375. The lowest BCUT2D eigenvalue weighted by Gasteiger charge is -2.12. The van der Waals surface area contributed by atoms with Crippen molar-refractivity contribution in [3.8, 4) is 11.3 Å². The first-order chi connectivity index (χ1) is 9.69. The van der Waals surface area contributed by atoms with E-state index in [1.54, 1.807) is 0 Å². The van der Waals surface area contributed by atoms with Crippen molar-refractivity contribution in [3.63, 3.8) is 0 Å². The van der Waals surface area contributed by atoms with Gasteiger partial charge in [-0.15, -0.1) is 0 Å². The van der Waals surface area contributed by atoms with Crippen molar-refractivity contribution in [1.82, 2.24) is 5.16 Å².